The van der Waals surface area contributed by atoms with Crippen LogP contribution in [0.25, 0.3) is 0 Å². The maximum absolute atomic E-state index is 12.4. The quantitative estimate of drug-likeness (QED) is 0.867. The average Bonchev–Trinajstić information content (AvgIpc) is 2.97. The van der Waals surface area contributed by atoms with E-state index in [-0.39, 0.29) is 17.4 Å². The minimum Gasteiger partial charge on any atom is -0.351 e. The molecule has 0 spiro atoms. The maximum atomic E-state index is 12.4. The van der Waals surface area contributed by atoms with Crippen molar-refractivity contribution in [2.24, 2.45) is 17.8 Å². The van der Waals surface area contributed by atoms with E-state index in [0.717, 1.165) is 43.7 Å². The second-order valence-corrected chi connectivity index (χ2v) is 8.33. The van der Waals surface area contributed by atoms with Crippen molar-refractivity contribution < 1.29 is 9.59 Å². The van der Waals surface area contributed by atoms with Crippen LogP contribution < -0.4 is 5.32 Å². The first-order valence-corrected chi connectivity index (χ1v) is 9.21. The normalized spacial score (nSPS) is 39.3. The number of amides is 2. The van der Waals surface area contributed by atoms with E-state index in [4.69, 9.17) is 0 Å². The van der Waals surface area contributed by atoms with Crippen molar-refractivity contribution in [2.45, 2.75) is 69.7 Å². The number of rotatable bonds is 4. The Bertz CT molecular complexity index is 432. The molecule has 1 N–H and O–H groups in total. The van der Waals surface area contributed by atoms with Crippen molar-refractivity contribution >= 4 is 11.8 Å². The molecular formula is C18H28N2O2. The Kier molecular flexibility index (Phi) is 3.66. The summed E-state index contributed by atoms with van der Waals surface area (Å²) in [7, 11) is 0. The molecular weight excluding hydrogens is 276 g/mol. The van der Waals surface area contributed by atoms with Gasteiger partial charge in [-0.05, 0) is 69.1 Å². The molecule has 4 bridgehead atoms. The molecule has 1 aliphatic heterocycles. The molecule has 0 unspecified atom stereocenters. The van der Waals surface area contributed by atoms with E-state index < -0.39 is 0 Å². The van der Waals surface area contributed by atoms with E-state index in [2.05, 4.69) is 5.32 Å². The first-order chi connectivity index (χ1) is 10.6. The molecule has 122 valence electrons. The molecule has 0 radical (unpaired) electrons. The lowest BCUT2D eigenvalue weighted by molar-refractivity contribution is -0.134. The third-order valence-corrected chi connectivity index (χ3v) is 6.47. The summed E-state index contributed by atoms with van der Waals surface area (Å²) in [6.07, 6.45) is 10.7. The summed E-state index contributed by atoms with van der Waals surface area (Å²) in [5.41, 5.74) is 0.0858. The molecule has 0 aromatic rings. The number of carbonyl (C=O) groups is 2. The smallest absolute Gasteiger partial charge is 0.223 e. The molecule has 5 rings (SSSR count). The van der Waals surface area contributed by atoms with Gasteiger partial charge in [0.15, 0.2) is 0 Å². The Balaban J connectivity index is 1.29. The van der Waals surface area contributed by atoms with Gasteiger partial charge in [-0.15, -0.1) is 0 Å². The van der Waals surface area contributed by atoms with Crippen molar-refractivity contribution in [1.29, 1.82) is 0 Å². The Hall–Kier alpha value is -1.06. The summed E-state index contributed by atoms with van der Waals surface area (Å²) in [4.78, 5) is 26.3. The predicted octanol–water partition coefficient (Wildman–Crippen LogP) is 2.47. The molecule has 22 heavy (non-hydrogen) atoms. The molecule has 0 aromatic heterocycles. The van der Waals surface area contributed by atoms with Gasteiger partial charge in [0.25, 0.3) is 0 Å². The highest BCUT2D eigenvalue weighted by Gasteiger charge is 2.51. The van der Waals surface area contributed by atoms with Gasteiger partial charge in [0.05, 0.1) is 0 Å². The van der Waals surface area contributed by atoms with E-state index in [0.29, 0.717) is 12.8 Å². The maximum Gasteiger partial charge on any atom is 0.223 e. The van der Waals surface area contributed by atoms with Crippen LogP contribution in [0.4, 0.5) is 0 Å². The van der Waals surface area contributed by atoms with E-state index in [1.54, 1.807) is 0 Å². The topological polar surface area (TPSA) is 49.4 Å². The van der Waals surface area contributed by atoms with Crippen molar-refractivity contribution in [2.75, 3.05) is 13.1 Å². The van der Waals surface area contributed by atoms with Crippen LogP contribution in [-0.4, -0.2) is 35.3 Å². The molecule has 4 nitrogen and oxygen atoms in total. The number of nitrogens with one attached hydrogen (secondary N) is 1. The third-order valence-electron chi connectivity index (χ3n) is 6.47. The van der Waals surface area contributed by atoms with Crippen molar-refractivity contribution in [3.8, 4) is 0 Å². The third kappa shape index (κ3) is 2.77. The molecule has 5 fully saturated rings. The van der Waals surface area contributed by atoms with Gasteiger partial charge in [-0.1, -0.05) is 0 Å². The highest BCUT2D eigenvalue weighted by Crippen LogP contribution is 2.55. The van der Waals surface area contributed by atoms with Gasteiger partial charge in [-0.2, -0.15) is 0 Å². The fourth-order valence-corrected chi connectivity index (χ4v) is 5.97. The SMILES string of the molecule is O=C(CCC(=O)N1CCCC1)NC12CC3CC(CC(C3)C1)C2. The minimum atomic E-state index is 0.0858. The second-order valence-electron chi connectivity index (χ2n) is 8.33. The van der Waals surface area contributed by atoms with Gasteiger partial charge >= 0.3 is 0 Å². The molecule has 5 aliphatic rings. The van der Waals surface area contributed by atoms with Crippen LogP contribution in [0.1, 0.15) is 64.2 Å². The van der Waals surface area contributed by atoms with Crippen LogP contribution in [0.2, 0.25) is 0 Å². The van der Waals surface area contributed by atoms with Crippen molar-refractivity contribution in [3.63, 3.8) is 0 Å². The summed E-state index contributed by atoms with van der Waals surface area (Å²) in [6, 6.07) is 0. The van der Waals surface area contributed by atoms with Gasteiger partial charge in [0.2, 0.25) is 11.8 Å². The molecule has 2 amide bonds. The van der Waals surface area contributed by atoms with Crippen LogP contribution in [0.3, 0.4) is 0 Å². The monoisotopic (exact) mass is 304 g/mol. The number of hydrogen-bond donors (Lipinski definition) is 1. The fraction of sp³-hybridized carbons (Fsp3) is 0.889. The van der Waals surface area contributed by atoms with Gasteiger partial charge < -0.3 is 10.2 Å². The molecule has 0 atom stereocenters. The molecule has 4 saturated carbocycles. The zero-order valence-corrected chi connectivity index (χ0v) is 13.5. The highest BCUT2D eigenvalue weighted by molar-refractivity contribution is 5.84. The zero-order valence-electron chi connectivity index (χ0n) is 13.5. The number of hydrogen-bond acceptors (Lipinski definition) is 2. The molecule has 4 aliphatic carbocycles. The van der Waals surface area contributed by atoms with Crippen LogP contribution >= 0.6 is 0 Å². The van der Waals surface area contributed by atoms with E-state index in [1.165, 1.54) is 38.5 Å². The van der Waals surface area contributed by atoms with Gasteiger partial charge in [0.1, 0.15) is 0 Å². The summed E-state index contributed by atoms with van der Waals surface area (Å²) in [5, 5.41) is 3.36. The standard InChI is InChI=1S/C18H28N2O2/c21-16(3-4-17(22)20-5-1-2-6-20)19-18-10-13-7-14(11-18)9-15(8-13)12-18/h13-15H,1-12H2,(H,19,21). The lowest BCUT2D eigenvalue weighted by Crippen LogP contribution is -2.59. The summed E-state index contributed by atoms with van der Waals surface area (Å²) in [6.45, 7) is 1.77. The molecule has 0 aromatic carbocycles. The molecule has 4 heteroatoms. The Morgan fingerprint density at radius 2 is 1.45 bits per heavy atom. The van der Waals surface area contributed by atoms with Gasteiger partial charge in [-0.3, -0.25) is 9.59 Å². The molecule has 1 saturated heterocycles. The number of nitrogens with zero attached hydrogens (tertiary/aromatic N) is 1. The number of carbonyl (C=O) groups excluding carboxylic acids is 2. The lowest BCUT2D eigenvalue weighted by Gasteiger charge is -2.56. The van der Waals surface area contributed by atoms with E-state index >= 15 is 0 Å². The van der Waals surface area contributed by atoms with Crippen LogP contribution in [0.15, 0.2) is 0 Å². The Morgan fingerprint density at radius 3 is 2.00 bits per heavy atom. The summed E-state index contributed by atoms with van der Waals surface area (Å²) >= 11 is 0. The fourth-order valence-electron chi connectivity index (χ4n) is 5.97. The van der Waals surface area contributed by atoms with E-state index in [1.807, 2.05) is 4.90 Å². The Morgan fingerprint density at radius 1 is 0.909 bits per heavy atom. The highest BCUT2D eigenvalue weighted by atomic mass is 16.2. The number of likely N-dealkylation sites (tertiary alicyclic amines) is 1. The first kappa shape index (κ1) is 14.5. The average molecular weight is 304 g/mol. The molecule has 1 heterocycles. The van der Waals surface area contributed by atoms with Gasteiger partial charge in [0, 0.05) is 31.5 Å². The van der Waals surface area contributed by atoms with Crippen LogP contribution in [0, 0.1) is 17.8 Å². The lowest BCUT2D eigenvalue weighted by atomic mass is 9.53. The van der Waals surface area contributed by atoms with Gasteiger partial charge in [-0.25, -0.2) is 0 Å². The summed E-state index contributed by atoms with van der Waals surface area (Å²) < 4.78 is 0. The van der Waals surface area contributed by atoms with Crippen molar-refractivity contribution in [3.05, 3.63) is 0 Å². The Labute approximate surface area is 133 Å². The van der Waals surface area contributed by atoms with Crippen LogP contribution in [0.5, 0.6) is 0 Å². The van der Waals surface area contributed by atoms with Crippen molar-refractivity contribution in [1.82, 2.24) is 10.2 Å². The van der Waals surface area contributed by atoms with E-state index in [9.17, 15) is 9.59 Å². The second kappa shape index (κ2) is 5.54. The predicted molar refractivity (Wildman–Crippen MR) is 84.1 cm³/mol. The first-order valence-electron chi connectivity index (χ1n) is 9.21. The minimum absolute atomic E-state index is 0.0858. The largest absolute Gasteiger partial charge is 0.351 e. The zero-order chi connectivity index (χ0) is 15.2. The van der Waals surface area contributed by atoms with Crippen LogP contribution in [-0.2, 0) is 9.59 Å². The summed E-state index contributed by atoms with van der Waals surface area (Å²) in [5.74, 6) is 2.81.